The lowest BCUT2D eigenvalue weighted by molar-refractivity contribution is 0.0719. The van der Waals surface area contributed by atoms with Crippen LogP contribution in [0.3, 0.4) is 0 Å². The van der Waals surface area contributed by atoms with Crippen LogP contribution in [0.1, 0.15) is 35.3 Å². The molecular formula is C20H19N3O3S. The molecule has 1 aromatic heterocycles. The van der Waals surface area contributed by atoms with Crippen LogP contribution in [-0.4, -0.2) is 23.1 Å². The van der Waals surface area contributed by atoms with Crippen molar-refractivity contribution < 1.29 is 13.5 Å². The summed E-state index contributed by atoms with van der Waals surface area (Å²) in [5.41, 5.74) is 5.05. The number of rotatable bonds is 2. The van der Waals surface area contributed by atoms with Gasteiger partial charge in [-0.2, -0.15) is 0 Å². The van der Waals surface area contributed by atoms with Crippen LogP contribution in [0.5, 0.6) is 0 Å². The number of primary sulfonamides is 1. The third kappa shape index (κ3) is 2.46. The lowest BCUT2D eigenvalue weighted by Crippen LogP contribution is -2.29. The van der Waals surface area contributed by atoms with Crippen LogP contribution in [0.25, 0.3) is 11.3 Å². The van der Waals surface area contributed by atoms with Gasteiger partial charge in [0.15, 0.2) is 0 Å². The fraction of sp³-hybridized carbons (Fsp3) is 0.250. The highest BCUT2D eigenvalue weighted by molar-refractivity contribution is 7.89. The van der Waals surface area contributed by atoms with Crippen LogP contribution < -0.4 is 5.14 Å². The molecule has 1 aliphatic carbocycles. The number of aromatic nitrogens is 2. The number of fused-ring (bicyclic) bond motifs is 4. The van der Waals surface area contributed by atoms with Gasteiger partial charge in [-0.05, 0) is 41.7 Å². The number of benzene rings is 2. The summed E-state index contributed by atoms with van der Waals surface area (Å²) in [5, 5.41) is 16.4. The molecule has 1 aliphatic heterocycles. The van der Waals surface area contributed by atoms with E-state index in [1.54, 1.807) is 12.1 Å². The van der Waals surface area contributed by atoms with Crippen LogP contribution in [0.15, 0.2) is 59.9 Å². The first-order chi connectivity index (χ1) is 12.9. The Kier molecular flexibility index (Phi) is 3.56. The molecule has 6 nitrogen and oxygen atoms in total. The molecule has 138 valence electrons. The van der Waals surface area contributed by atoms with Gasteiger partial charge in [0.25, 0.3) is 0 Å². The number of imidazole rings is 1. The van der Waals surface area contributed by atoms with Crippen molar-refractivity contribution >= 4 is 10.0 Å². The summed E-state index contributed by atoms with van der Waals surface area (Å²) in [7, 11) is -3.75. The predicted octanol–water partition coefficient (Wildman–Crippen LogP) is 2.40. The SMILES string of the molecule is NS(=O)(=O)c1ccc2c(c1)CCC([C@@H]1c3ccccc3-c3cncn31)[C@@H]2O. The fourth-order valence-electron chi connectivity index (χ4n) is 4.62. The van der Waals surface area contributed by atoms with E-state index in [1.165, 1.54) is 11.6 Å². The molecular weight excluding hydrogens is 362 g/mol. The second kappa shape index (κ2) is 5.76. The Morgan fingerprint density at radius 2 is 1.96 bits per heavy atom. The molecule has 3 N–H and O–H groups in total. The highest BCUT2D eigenvalue weighted by atomic mass is 32.2. The average Bonchev–Trinajstić information content (AvgIpc) is 3.22. The fourth-order valence-corrected chi connectivity index (χ4v) is 5.18. The van der Waals surface area contributed by atoms with Gasteiger partial charge in [0.1, 0.15) is 0 Å². The molecule has 5 rings (SSSR count). The Hall–Kier alpha value is -2.48. The normalized spacial score (nSPS) is 23.6. The van der Waals surface area contributed by atoms with Gasteiger partial charge >= 0.3 is 0 Å². The van der Waals surface area contributed by atoms with Gasteiger partial charge in [0.05, 0.1) is 35.3 Å². The predicted molar refractivity (Wildman–Crippen MR) is 100 cm³/mol. The van der Waals surface area contributed by atoms with E-state index in [4.69, 9.17) is 5.14 Å². The molecule has 7 heteroatoms. The van der Waals surface area contributed by atoms with Crippen LogP contribution in [-0.2, 0) is 16.4 Å². The molecule has 0 saturated carbocycles. The summed E-state index contributed by atoms with van der Waals surface area (Å²) in [6.45, 7) is 0. The first-order valence-corrected chi connectivity index (χ1v) is 10.4. The summed E-state index contributed by atoms with van der Waals surface area (Å²) in [4.78, 5) is 4.39. The van der Waals surface area contributed by atoms with E-state index in [1.807, 2.05) is 24.7 Å². The van der Waals surface area contributed by atoms with Crippen molar-refractivity contribution in [1.82, 2.24) is 9.55 Å². The van der Waals surface area contributed by atoms with Gasteiger partial charge in [-0.3, -0.25) is 0 Å². The first-order valence-electron chi connectivity index (χ1n) is 8.90. The van der Waals surface area contributed by atoms with Crippen molar-refractivity contribution in [3.8, 4) is 11.3 Å². The Morgan fingerprint density at radius 1 is 1.15 bits per heavy atom. The Bertz CT molecular complexity index is 1150. The second-order valence-electron chi connectivity index (χ2n) is 7.27. The largest absolute Gasteiger partial charge is 0.388 e. The van der Waals surface area contributed by atoms with Gasteiger partial charge in [-0.15, -0.1) is 0 Å². The van der Waals surface area contributed by atoms with E-state index in [-0.39, 0.29) is 16.9 Å². The van der Waals surface area contributed by atoms with Gasteiger partial charge in [0.2, 0.25) is 10.0 Å². The standard InChI is InChI=1S/C20H19N3O3S/c21-27(25,26)13-6-8-14-12(9-13)5-7-17(20(14)24)19-16-4-2-1-3-15(16)18-10-22-11-23(18)19/h1-4,6,8-11,17,19-20,24H,5,7H2,(H2,21,25,26)/t17?,19-,20+/m0/s1. The summed E-state index contributed by atoms with van der Waals surface area (Å²) in [6, 6.07) is 13.0. The topological polar surface area (TPSA) is 98.2 Å². The second-order valence-corrected chi connectivity index (χ2v) is 8.83. The van der Waals surface area contributed by atoms with Crippen LogP contribution in [0.4, 0.5) is 0 Å². The van der Waals surface area contributed by atoms with Crippen molar-refractivity contribution in [2.24, 2.45) is 11.1 Å². The third-order valence-corrected chi connectivity index (χ3v) is 6.75. The zero-order chi connectivity index (χ0) is 18.8. The first kappa shape index (κ1) is 16.7. The monoisotopic (exact) mass is 381 g/mol. The molecule has 2 aromatic carbocycles. The highest BCUT2D eigenvalue weighted by Gasteiger charge is 2.40. The number of nitrogens with two attached hydrogens (primary N) is 1. The van der Waals surface area contributed by atoms with Crippen LogP contribution in [0.2, 0.25) is 0 Å². The average molecular weight is 381 g/mol. The number of nitrogens with zero attached hydrogens (tertiary/aromatic N) is 2. The quantitative estimate of drug-likeness (QED) is 0.712. The van der Waals surface area contributed by atoms with Gasteiger partial charge in [-0.1, -0.05) is 30.3 Å². The Labute approximate surface area is 157 Å². The van der Waals surface area contributed by atoms with Crippen molar-refractivity contribution in [2.45, 2.75) is 29.9 Å². The maximum atomic E-state index is 11.6. The van der Waals surface area contributed by atoms with Crippen molar-refractivity contribution in [2.75, 3.05) is 0 Å². The van der Waals surface area contributed by atoms with E-state index in [0.29, 0.717) is 6.42 Å². The van der Waals surface area contributed by atoms with Crippen molar-refractivity contribution in [1.29, 1.82) is 0 Å². The Morgan fingerprint density at radius 3 is 2.78 bits per heavy atom. The molecule has 0 fully saturated rings. The molecule has 0 saturated heterocycles. The minimum absolute atomic E-state index is 0.0137. The smallest absolute Gasteiger partial charge is 0.238 e. The van der Waals surface area contributed by atoms with Crippen LogP contribution >= 0.6 is 0 Å². The number of hydrogen-bond donors (Lipinski definition) is 2. The van der Waals surface area contributed by atoms with Crippen molar-refractivity contribution in [3.63, 3.8) is 0 Å². The van der Waals surface area contributed by atoms with E-state index in [2.05, 4.69) is 21.7 Å². The molecule has 0 amide bonds. The number of aryl methyl sites for hydroxylation is 1. The molecule has 3 aromatic rings. The molecule has 2 aliphatic rings. The summed E-state index contributed by atoms with van der Waals surface area (Å²) < 4.78 is 25.4. The lowest BCUT2D eigenvalue weighted by atomic mass is 9.76. The van der Waals surface area contributed by atoms with Gasteiger partial charge < -0.3 is 9.67 Å². The van der Waals surface area contributed by atoms with Gasteiger partial charge in [0, 0.05) is 11.5 Å². The molecule has 2 heterocycles. The van der Waals surface area contributed by atoms with E-state index >= 15 is 0 Å². The Balaban J connectivity index is 1.57. The summed E-state index contributed by atoms with van der Waals surface area (Å²) in [6.07, 6.45) is 4.45. The number of aliphatic hydroxyl groups is 1. The summed E-state index contributed by atoms with van der Waals surface area (Å²) in [5.74, 6) is -0.0190. The van der Waals surface area contributed by atoms with E-state index < -0.39 is 16.1 Å². The molecule has 1 unspecified atom stereocenters. The molecule has 0 bridgehead atoms. The van der Waals surface area contributed by atoms with Crippen molar-refractivity contribution in [3.05, 3.63) is 71.7 Å². The van der Waals surface area contributed by atoms with E-state index in [0.717, 1.165) is 28.8 Å². The zero-order valence-electron chi connectivity index (χ0n) is 14.5. The lowest BCUT2D eigenvalue weighted by Gasteiger charge is -2.35. The van der Waals surface area contributed by atoms with Gasteiger partial charge in [-0.25, -0.2) is 18.5 Å². The molecule has 0 spiro atoms. The maximum Gasteiger partial charge on any atom is 0.238 e. The van der Waals surface area contributed by atoms with Crippen LogP contribution in [0, 0.1) is 5.92 Å². The van der Waals surface area contributed by atoms with E-state index in [9.17, 15) is 13.5 Å². The number of sulfonamides is 1. The molecule has 0 radical (unpaired) electrons. The molecule has 3 atom stereocenters. The minimum Gasteiger partial charge on any atom is -0.388 e. The zero-order valence-corrected chi connectivity index (χ0v) is 15.3. The third-order valence-electron chi connectivity index (χ3n) is 5.84. The summed E-state index contributed by atoms with van der Waals surface area (Å²) >= 11 is 0. The molecule has 27 heavy (non-hydrogen) atoms. The minimum atomic E-state index is -3.75. The number of aliphatic hydroxyl groups excluding tert-OH is 1. The highest BCUT2D eigenvalue weighted by Crippen LogP contribution is 2.49. The number of hydrogen-bond acceptors (Lipinski definition) is 4. The maximum absolute atomic E-state index is 11.6.